The summed E-state index contributed by atoms with van der Waals surface area (Å²) in [5.41, 5.74) is -0.498. The van der Waals surface area contributed by atoms with E-state index in [1.165, 1.54) is 24.3 Å². The second-order valence-corrected chi connectivity index (χ2v) is 12.7. The lowest BCUT2D eigenvalue weighted by molar-refractivity contribution is -0.146. The SMILES string of the molecule is CC(C)(C)CN1CCN2C(=O)CC3(CCN(C(=O)c4ccc(F)cc4)CC3)NC(=O)COCCOCCNC(=O)[C@@H]2C1. The number of fused-ring (bicyclic) bond motifs is 1. The van der Waals surface area contributed by atoms with Crippen LogP contribution in [0.1, 0.15) is 50.4 Å². The first-order chi connectivity index (χ1) is 19.9. The van der Waals surface area contributed by atoms with Gasteiger partial charge in [-0.1, -0.05) is 20.8 Å². The van der Waals surface area contributed by atoms with Crippen LogP contribution in [0.4, 0.5) is 4.39 Å². The van der Waals surface area contributed by atoms with Crippen molar-refractivity contribution in [1.82, 2.24) is 25.3 Å². The Morgan fingerprint density at radius 1 is 1.00 bits per heavy atom. The van der Waals surface area contributed by atoms with Crippen molar-refractivity contribution in [3.63, 3.8) is 0 Å². The van der Waals surface area contributed by atoms with Crippen LogP contribution in [0.2, 0.25) is 0 Å². The second-order valence-electron chi connectivity index (χ2n) is 12.7. The lowest BCUT2D eigenvalue weighted by Gasteiger charge is -2.46. The molecule has 1 spiro atoms. The van der Waals surface area contributed by atoms with E-state index in [4.69, 9.17) is 9.47 Å². The molecule has 3 heterocycles. The van der Waals surface area contributed by atoms with Crippen LogP contribution in [-0.2, 0) is 23.9 Å². The van der Waals surface area contributed by atoms with E-state index in [1.54, 1.807) is 9.80 Å². The molecule has 0 aliphatic carbocycles. The van der Waals surface area contributed by atoms with E-state index < -0.39 is 17.4 Å². The third-order valence-electron chi connectivity index (χ3n) is 7.93. The highest BCUT2D eigenvalue weighted by atomic mass is 19.1. The summed E-state index contributed by atoms with van der Waals surface area (Å²) in [7, 11) is 0. The highest BCUT2D eigenvalue weighted by Gasteiger charge is 2.43. The topological polar surface area (TPSA) is 121 Å². The van der Waals surface area contributed by atoms with Crippen LogP contribution in [0.25, 0.3) is 0 Å². The van der Waals surface area contributed by atoms with Crippen molar-refractivity contribution in [3.05, 3.63) is 35.6 Å². The van der Waals surface area contributed by atoms with Gasteiger partial charge in [0.1, 0.15) is 18.5 Å². The van der Waals surface area contributed by atoms with Gasteiger partial charge in [-0.3, -0.25) is 24.1 Å². The minimum absolute atomic E-state index is 0.00345. The lowest BCUT2D eigenvalue weighted by Crippen LogP contribution is -2.64. The Bertz CT molecular complexity index is 1120. The molecule has 0 radical (unpaired) electrons. The summed E-state index contributed by atoms with van der Waals surface area (Å²) < 4.78 is 24.4. The Morgan fingerprint density at radius 3 is 2.38 bits per heavy atom. The third kappa shape index (κ3) is 8.71. The summed E-state index contributed by atoms with van der Waals surface area (Å²) in [4.78, 5) is 58.8. The number of carbonyl (C=O) groups is 4. The Labute approximate surface area is 247 Å². The Hall–Kier alpha value is -3.09. The molecule has 3 saturated heterocycles. The normalized spacial score (nSPS) is 23.7. The van der Waals surface area contributed by atoms with Crippen LogP contribution >= 0.6 is 0 Å². The molecule has 11 nitrogen and oxygen atoms in total. The summed E-state index contributed by atoms with van der Waals surface area (Å²) in [6, 6.07) is 4.73. The fraction of sp³-hybridized carbons (Fsp3) is 0.667. The first-order valence-corrected chi connectivity index (χ1v) is 14.8. The van der Waals surface area contributed by atoms with Crippen molar-refractivity contribution in [2.75, 3.05) is 72.2 Å². The largest absolute Gasteiger partial charge is 0.377 e. The number of nitrogens with zero attached hydrogens (tertiary/aromatic N) is 3. The predicted octanol–water partition coefficient (Wildman–Crippen LogP) is 1.03. The molecule has 1 atom stereocenters. The van der Waals surface area contributed by atoms with E-state index >= 15 is 0 Å². The van der Waals surface area contributed by atoms with Gasteiger partial charge < -0.3 is 29.9 Å². The number of hydrogen-bond acceptors (Lipinski definition) is 7. The monoisotopic (exact) mass is 589 g/mol. The van der Waals surface area contributed by atoms with Crippen molar-refractivity contribution in [2.24, 2.45) is 5.41 Å². The molecule has 0 saturated carbocycles. The van der Waals surface area contributed by atoms with Crippen LogP contribution in [0, 0.1) is 11.2 Å². The maximum atomic E-state index is 13.9. The summed E-state index contributed by atoms with van der Waals surface area (Å²) >= 11 is 0. The van der Waals surface area contributed by atoms with E-state index in [2.05, 4.69) is 36.3 Å². The number of nitrogens with one attached hydrogen (secondary N) is 2. The van der Waals surface area contributed by atoms with E-state index in [1.807, 2.05) is 0 Å². The zero-order chi connectivity index (χ0) is 30.3. The molecular formula is C30H44FN5O6. The smallest absolute Gasteiger partial charge is 0.253 e. The minimum Gasteiger partial charge on any atom is -0.377 e. The summed E-state index contributed by atoms with van der Waals surface area (Å²) in [6.07, 6.45) is 0.701. The number of ether oxygens (including phenoxy) is 2. The Balaban J connectivity index is 1.52. The number of benzene rings is 1. The van der Waals surface area contributed by atoms with Crippen LogP contribution in [0.5, 0.6) is 0 Å². The van der Waals surface area contributed by atoms with E-state index in [0.717, 1.165) is 6.54 Å². The molecule has 0 bridgehead atoms. The van der Waals surface area contributed by atoms with Gasteiger partial charge in [0.2, 0.25) is 17.7 Å². The first-order valence-electron chi connectivity index (χ1n) is 14.8. The van der Waals surface area contributed by atoms with Crippen molar-refractivity contribution >= 4 is 23.6 Å². The Morgan fingerprint density at radius 2 is 1.69 bits per heavy atom. The van der Waals surface area contributed by atoms with Gasteiger partial charge in [0, 0.05) is 51.4 Å². The summed E-state index contributed by atoms with van der Waals surface area (Å²) in [6.45, 7) is 10.2. The fourth-order valence-corrected chi connectivity index (χ4v) is 5.91. The number of likely N-dealkylation sites (tertiary alicyclic amines) is 1. The number of hydrogen-bond donors (Lipinski definition) is 2. The highest BCUT2D eigenvalue weighted by Crippen LogP contribution is 2.29. The molecular weight excluding hydrogens is 545 g/mol. The minimum atomic E-state index is -0.908. The number of carbonyl (C=O) groups excluding carboxylic acids is 4. The van der Waals surface area contributed by atoms with Gasteiger partial charge in [-0.2, -0.15) is 0 Å². The van der Waals surface area contributed by atoms with E-state index in [0.29, 0.717) is 64.3 Å². The lowest BCUT2D eigenvalue weighted by atomic mass is 9.83. The molecule has 3 aliphatic rings. The van der Waals surface area contributed by atoms with E-state index in [9.17, 15) is 23.6 Å². The highest BCUT2D eigenvalue weighted by molar-refractivity contribution is 5.94. The zero-order valence-electron chi connectivity index (χ0n) is 25.0. The molecule has 2 N–H and O–H groups in total. The molecule has 4 amide bonds. The van der Waals surface area contributed by atoms with Crippen molar-refractivity contribution in [3.8, 4) is 0 Å². The Kier molecular flexibility index (Phi) is 10.6. The average molecular weight is 590 g/mol. The van der Waals surface area contributed by atoms with Gasteiger partial charge in [-0.15, -0.1) is 0 Å². The van der Waals surface area contributed by atoms with Crippen molar-refractivity contribution in [1.29, 1.82) is 0 Å². The van der Waals surface area contributed by atoms with Gasteiger partial charge in [0.05, 0.1) is 31.8 Å². The third-order valence-corrected chi connectivity index (χ3v) is 7.93. The maximum absolute atomic E-state index is 13.9. The van der Waals surface area contributed by atoms with Gasteiger partial charge in [0.15, 0.2) is 0 Å². The molecule has 232 valence electrons. The first kappa shape index (κ1) is 31.8. The van der Waals surface area contributed by atoms with Gasteiger partial charge in [-0.25, -0.2) is 4.39 Å². The molecule has 1 aromatic rings. The number of piperidine rings is 1. The molecule has 3 aliphatic heterocycles. The van der Waals surface area contributed by atoms with Crippen LogP contribution < -0.4 is 10.6 Å². The van der Waals surface area contributed by atoms with Crippen LogP contribution in [-0.4, -0.2) is 122 Å². The van der Waals surface area contributed by atoms with Crippen LogP contribution in [0.3, 0.4) is 0 Å². The number of halogens is 1. The number of amides is 4. The van der Waals surface area contributed by atoms with Gasteiger partial charge >= 0.3 is 0 Å². The summed E-state index contributed by atoms with van der Waals surface area (Å²) in [5, 5.41) is 5.97. The second kappa shape index (κ2) is 13.9. The summed E-state index contributed by atoms with van der Waals surface area (Å²) in [5.74, 6) is -1.44. The molecule has 3 fully saturated rings. The molecule has 0 aromatic heterocycles. The fourth-order valence-electron chi connectivity index (χ4n) is 5.91. The number of rotatable bonds is 2. The molecule has 12 heteroatoms. The zero-order valence-corrected chi connectivity index (χ0v) is 25.0. The number of piperazine rings is 1. The van der Waals surface area contributed by atoms with Crippen molar-refractivity contribution in [2.45, 2.75) is 51.6 Å². The van der Waals surface area contributed by atoms with Gasteiger partial charge in [0.25, 0.3) is 5.91 Å². The van der Waals surface area contributed by atoms with Crippen LogP contribution in [0.15, 0.2) is 24.3 Å². The quantitative estimate of drug-likeness (QED) is 0.529. The molecule has 4 rings (SSSR count). The van der Waals surface area contributed by atoms with E-state index in [-0.39, 0.29) is 55.3 Å². The average Bonchev–Trinajstić information content (AvgIpc) is 2.93. The molecule has 42 heavy (non-hydrogen) atoms. The predicted molar refractivity (Wildman–Crippen MR) is 153 cm³/mol. The standard InChI is InChI=1S/C30H44FN5O6/c1-29(2,3)21-34-13-14-36-24(19-34)27(39)32-10-15-41-16-17-42-20-25(37)33-30(18-26(36)38)8-11-35(12-9-30)28(40)22-4-6-23(31)7-5-22/h4-7,24H,8-21H2,1-3H3,(H,32,39)(H,33,37)/t24-/m0/s1. The maximum Gasteiger partial charge on any atom is 0.253 e. The van der Waals surface area contributed by atoms with Crippen molar-refractivity contribution < 1.29 is 33.0 Å². The molecule has 0 unspecified atom stereocenters. The molecule has 1 aromatic carbocycles. The van der Waals surface area contributed by atoms with Gasteiger partial charge in [-0.05, 0) is 42.5 Å².